The lowest BCUT2D eigenvalue weighted by Crippen LogP contribution is -2.39. The molecule has 1 fully saturated rings. The second-order valence-corrected chi connectivity index (χ2v) is 8.33. The van der Waals surface area contributed by atoms with Crippen molar-refractivity contribution < 1.29 is 9.32 Å². The number of carbonyl (C=O) groups is 1. The summed E-state index contributed by atoms with van der Waals surface area (Å²) in [6, 6.07) is 8.22. The van der Waals surface area contributed by atoms with Crippen molar-refractivity contribution in [2.75, 3.05) is 13.1 Å². The Kier molecular flexibility index (Phi) is 4.53. The predicted molar refractivity (Wildman–Crippen MR) is 103 cm³/mol. The summed E-state index contributed by atoms with van der Waals surface area (Å²) < 4.78 is 6.62. The van der Waals surface area contributed by atoms with Crippen molar-refractivity contribution in [1.82, 2.24) is 15.0 Å². The molecule has 0 aliphatic carbocycles. The van der Waals surface area contributed by atoms with E-state index in [4.69, 9.17) is 9.51 Å². The van der Waals surface area contributed by atoms with E-state index in [2.05, 4.69) is 17.3 Å². The largest absolute Gasteiger partial charge is 0.360 e. The van der Waals surface area contributed by atoms with Gasteiger partial charge in [0.05, 0.1) is 20.9 Å². The fourth-order valence-corrected chi connectivity index (χ4v) is 4.72. The van der Waals surface area contributed by atoms with Crippen molar-refractivity contribution in [2.45, 2.75) is 45.4 Å². The van der Waals surface area contributed by atoms with Crippen molar-refractivity contribution in [3.63, 3.8) is 0 Å². The minimum Gasteiger partial charge on any atom is -0.360 e. The number of aromatic nitrogens is 2. The Morgan fingerprint density at radius 2 is 2.15 bits per heavy atom. The van der Waals surface area contributed by atoms with Gasteiger partial charge in [0.1, 0.15) is 5.56 Å². The summed E-state index contributed by atoms with van der Waals surface area (Å²) in [5.41, 5.74) is 2.37. The van der Waals surface area contributed by atoms with E-state index in [0.717, 1.165) is 29.9 Å². The molecule has 4 rings (SSSR count). The molecule has 5 nitrogen and oxygen atoms in total. The van der Waals surface area contributed by atoms with E-state index >= 15 is 0 Å². The van der Waals surface area contributed by atoms with E-state index < -0.39 is 0 Å². The molecule has 1 aromatic carbocycles. The molecule has 0 bridgehead atoms. The normalized spacial score (nSPS) is 18.0. The fraction of sp³-hybridized carbons (Fsp3) is 0.450. The molecule has 1 amide bonds. The van der Waals surface area contributed by atoms with Gasteiger partial charge in [0.2, 0.25) is 0 Å². The van der Waals surface area contributed by atoms with Gasteiger partial charge in [-0.1, -0.05) is 31.1 Å². The van der Waals surface area contributed by atoms with Crippen molar-refractivity contribution in [3.8, 4) is 0 Å². The highest BCUT2D eigenvalue weighted by atomic mass is 32.1. The smallest absolute Gasteiger partial charge is 0.259 e. The number of likely N-dealkylation sites (tertiary alicyclic amines) is 1. The molecule has 1 aliphatic rings. The number of amides is 1. The number of thiazole rings is 1. The van der Waals surface area contributed by atoms with Crippen LogP contribution in [-0.4, -0.2) is 34.0 Å². The predicted octanol–water partition coefficient (Wildman–Crippen LogP) is 4.74. The highest BCUT2D eigenvalue weighted by Gasteiger charge is 2.31. The first-order valence-electron chi connectivity index (χ1n) is 9.15. The van der Waals surface area contributed by atoms with Crippen LogP contribution < -0.4 is 0 Å². The minimum atomic E-state index is 0.0401. The summed E-state index contributed by atoms with van der Waals surface area (Å²) in [7, 11) is 0. The van der Waals surface area contributed by atoms with Gasteiger partial charge in [-0.05, 0) is 31.9 Å². The van der Waals surface area contributed by atoms with E-state index in [1.54, 1.807) is 11.3 Å². The van der Waals surface area contributed by atoms with E-state index in [-0.39, 0.29) is 11.8 Å². The van der Waals surface area contributed by atoms with Crippen molar-refractivity contribution >= 4 is 27.5 Å². The van der Waals surface area contributed by atoms with Gasteiger partial charge >= 0.3 is 0 Å². The fourth-order valence-electron chi connectivity index (χ4n) is 3.63. The number of carbonyl (C=O) groups excluding carboxylic acids is 1. The molecule has 0 N–H and O–H groups in total. The SMILES string of the molecule is Cc1noc(C(C)C)c1C(=O)N1CCC[C@H](c2nc3ccccc3s2)C1. The average molecular weight is 369 g/mol. The van der Waals surface area contributed by atoms with Crippen molar-refractivity contribution in [1.29, 1.82) is 0 Å². The zero-order valence-corrected chi connectivity index (χ0v) is 16.2. The van der Waals surface area contributed by atoms with E-state index in [1.807, 2.05) is 37.8 Å². The van der Waals surface area contributed by atoms with Crippen LogP contribution in [0.1, 0.15) is 65.3 Å². The number of nitrogens with zero attached hydrogens (tertiary/aromatic N) is 3. The molecule has 0 spiro atoms. The molecule has 3 aromatic rings. The van der Waals surface area contributed by atoms with E-state index in [0.29, 0.717) is 29.5 Å². The second-order valence-electron chi connectivity index (χ2n) is 7.27. The number of hydrogen-bond donors (Lipinski definition) is 0. The Morgan fingerprint density at radius 3 is 2.92 bits per heavy atom. The van der Waals surface area contributed by atoms with Gasteiger partial charge in [0, 0.05) is 24.9 Å². The van der Waals surface area contributed by atoms with Gasteiger partial charge in [0.15, 0.2) is 5.76 Å². The monoisotopic (exact) mass is 369 g/mol. The van der Waals surface area contributed by atoms with Crippen LogP contribution in [0.15, 0.2) is 28.8 Å². The summed E-state index contributed by atoms with van der Waals surface area (Å²) in [4.78, 5) is 19.9. The Balaban J connectivity index is 1.59. The van der Waals surface area contributed by atoms with Crippen LogP contribution in [-0.2, 0) is 0 Å². The van der Waals surface area contributed by atoms with Crippen molar-refractivity contribution in [2.24, 2.45) is 0 Å². The number of aryl methyl sites for hydroxylation is 1. The lowest BCUT2D eigenvalue weighted by molar-refractivity contribution is 0.0703. The molecule has 2 aromatic heterocycles. The second kappa shape index (κ2) is 6.83. The molecule has 1 aliphatic heterocycles. The average Bonchev–Trinajstić information content (AvgIpc) is 3.24. The third kappa shape index (κ3) is 3.03. The molecular formula is C20H23N3O2S. The number of piperidine rings is 1. The zero-order chi connectivity index (χ0) is 18.3. The summed E-state index contributed by atoms with van der Waals surface area (Å²) in [6.45, 7) is 7.38. The molecule has 1 saturated heterocycles. The van der Waals surface area contributed by atoms with Gasteiger partial charge in [-0.15, -0.1) is 11.3 Å². The highest BCUT2D eigenvalue weighted by molar-refractivity contribution is 7.18. The van der Waals surface area contributed by atoms with Gasteiger partial charge in [-0.3, -0.25) is 4.79 Å². The molecule has 3 heterocycles. The lowest BCUT2D eigenvalue weighted by Gasteiger charge is -2.32. The Labute approximate surface area is 157 Å². The summed E-state index contributed by atoms with van der Waals surface area (Å²) in [5, 5.41) is 5.16. The number of hydrogen-bond acceptors (Lipinski definition) is 5. The molecular weight excluding hydrogens is 346 g/mol. The molecule has 6 heteroatoms. The van der Waals surface area contributed by atoms with Crippen LogP contribution in [0.4, 0.5) is 0 Å². The summed E-state index contributed by atoms with van der Waals surface area (Å²) in [6.07, 6.45) is 2.07. The number of para-hydroxylation sites is 1. The molecule has 0 radical (unpaired) electrons. The number of benzene rings is 1. The maximum Gasteiger partial charge on any atom is 0.259 e. The van der Waals surface area contributed by atoms with Gasteiger partial charge in [0.25, 0.3) is 5.91 Å². The molecule has 0 unspecified atom stereocenters. The van der Waals surface area contributed by atoms with Gasteiger partial charge in [-0.2, -0.15) is 0 Å². The Morgan fingerprint density at radius 1 is 1.35 bits per heavy atom. The first-order valence-corrected chi connectivity index (χ1v) is 9.97. The van der Waals surface area contributed by atoms with Crippen LogP contribution in [0.25, 0.3) is 10.2 Å². The molecule has 136 valence electrons. The Hall–Kier alpha value is -2.21. The minimum absolute atomic E-state index is 0.0401. The lowest BCUT2D eigenvalue weighted by atomic mass is 9.97. The number of rotatable bonds is 3. The summed E-state index contributed by atoms with van der Waals surface area (Å²) >= 11 is 1.75. The van der Waals surface area contributed by atoms with E-state index in [9.17, 15) is 4.79 Å². The highest BCUT2D eigenvalue weighted by Crippen LogP contribution is 2.34. The quantitative estimate of drug-likeness (QED) is 0.669. The third-order valence-electron chi connectivity index (χ3n) is 5.00. The zero-order valence-electron chi connectivity index (χ0n) is 15.4. The third-order valence-corrected chi connectivity index (χ3v) is 6.19. The topological polar surface area (TPSA) is 59.2 Å². The Bertz CT molecular complexity index is 911. The maximum absolute atomic E-state index is 13.2. The first-order chi connectivity index (χ1) is 12.5. The van der Waals surface area contributed by atoms with Crippen LogP contribution in [0.3, 0.4) is 0 Å². The number of fused-ring (bicyclic) bond motifs is 1. The van der Waals surface area contributed by atoms with Crippen LogP contribution >= 0.6 is 11.3 Å². The van der Waals surface area contributed by atoms with Gasteiger partial charge in [-0.25, -0.2) is 4.98 Å². The van der Waals surface area contributed by atoms with Crippen LogP contribution in [0.2, 0.25) is 0 Å². The van der Waals surface area contributed by atoms with Gasteiger partial charge < -0.3 is 9.42 Å². The standard InChI is InChI=1S/C20H23N3O2S/c1-12(2)18-17(13(3)22-25-18)20(24)23-10-6-7-14(11-23)19-21-15-8-4-5-9-16(15)26-19/h4-5,8-9,12,14H,6-7,10-11H2,1-3H3/t14-/m0/s1. The van der Waals surface area contributed by atoms with Crippen molar-refractivity contribution in [3.05, 3.63) is 46.3 Å². The van der Waals surface area contributed by atoms with Crippen LogP contribution in [0, 0.1) is 6.92 Å². The van der Waals surface area contributed by atoms with Crippen LogP contribution in [0.5, 0.6) is 0 Å². The first kappa shape index (κ1) is 17.2. The molecule has 26 heavy (non-hydrogen) atoms. The van der Waals surface area contributed by atoms with E-state index in [1.165, 1.54) is 4.70 Å². The molecule has 1 atom stereocenters. The summed E-state index contributed by atoms with van der Waals surface area (Å²) in [5.74, 6) is 1.17. The maximum atomic E-state index is 13.2. The molecule has 0 saturated carbocycles.